The average Bonchev–Trinajstić information content (AvgIpc) is 2.39. The highest BCUT2D eigenvalue weighted by Gasteiger charge is 2.38. The van der Waals surface area contributed by atoms with E-state index in [1.54, 1.807) is 0 Å². The van der Waals surface area contributed by atoms with Gasteiger partial charge in [-0.15, -0.1) is 0 Å². The number of likely N-dealkylation sites (N-methyl/N-ethyl adjacent to an activating group) is 1. The first-order chi connectivity index (χ1) is 9.15. The number of carbonyl (C=O) groups excluding carboxylic acids is 1. The fourth-order valence-electron chi connectivity index (χ4n) is 3.37. The number of piperidine rings is 1. The van der Waals surface area contributed by atoms with Crippen LogP contribution in [-0.2, 0) is 9.53 Å². The topological polar surface area (TPSA) is 32.8 Å². The summed E-state index contributed by atoms with van der Waals surface area (Å²) in [5.74, 6) is 0.738. The number of carbonyl (C=O) groups is 1. The summed E-state index contributed by atoms with van der Waals surface area (Å²) in [6.45, 7) is 8.91. The number of nitrogens with zero attached hydrogens (tertiary/aromatic N) is 2. The third-order valence-electron chi connectivity index (χ3n) is 4.91. The second kappa shape index (κ2) is 6.82. The van der Waals surface area contributed by atoms with E-state index in [0.717, 1.165) is 52.1 Å². The molecule has 19 heavy (non-hydrogen) atoms. The first-order valence-corrected chi connectivity index (χ1v) is 7.70. The fourth-order valence-corrected chi connectivity index (χ4v) is 3.37. The molecule has 0 radical (unpaired) electrons. The zero-order valence-electron chi connectivity index (χ0n) is 12.6. The van der Waals surface area contributed by atoms with Gasteiger partial charge in [-0.3, -0.25) is 9.69 Å². The summed E-state index contributed by atoms with van der Waals surface area (Å²) in [7, 11) is 2.18. The second-order valence-corrected chi connectivity index (χ2v) is 5.92. The molecule has 2 fully saturated rings. The zero-order chi connectivity index (χ0) is 13.8. The van der Waals surface area contributed by atoms with E-state index >= 15 is 0 Å². The zero-order valence-corrected chi connectivity index (χ0v) is 12.6. The van der Waals surface area contributed by atoms with Gasteiger partial charge in [0, 0.05) is 31.0 Å². The highest BCUT2D eigenvalue weighted by Crippen LogP contribution is 2.31. The maximum atomic E-state index is 12.4. The number of ketones is 1. The van der Waals surface area contributed by atoms with E-state index in [1.807, 2.05) is 0 Å². The van der Waals surface area contributed by atoms with E-state index in [4.69, 9.17) is 4.74 Å². The van der Waals surface area contributed by atoms with Gasteiger partial charge in [-0.1, -0.05) is 13.8 Å². The van der Waals surface area contributed by atoms with Crippen LogP contribution in [0.1, 0.15) is 33.1 Å². The van der Waals surface area contributed by atoms with Crippen LogP contribution in [0.3, 0.4) is 0 Å². The van der Waals surface area contributed by atoms with Crippen molar-refractivity contribution in [1.29, 1.82) is 0 Å². The van der Waals surface area contributed by atoms with E-state index in [1.165, 1.54) is 0 Å². The van der Waals surface area contributed by atoms with Crippen LogP contribution in [0.4, 0.5) is 0 Å². The predicted molar refractivity (Wildman–Crippen MR) is 76.3 cm³/mol. The fraction of sp³-hybridized carbons (Fsp3) is 0.933. The minimum Gasteiger partial charge on any atom is -0.378 e. The van der Waals surface area contributed by atoms with Gasteiger partial charge in [0.05, 0.1) is 13.2 Å². The van der Waals surface area contributed by atoms with E-state index < -0.39 is 0 Å². The molecule has 2 aliphatic heterocycles. The van der Waals surface area contributed by atoms with Crippen molar-refractivity contribution in [3.8, 4) is 0 Å². The Bertz CT molecular complexity index is 291. The molecule has 2 atom stereocenters. The minimum absolute atomic E-state index is 0.269. The average molecular weight is 268 g/mol. The van der Waals surface area contributed by atoms with Crippen LogP contribution in [0.15, 0.2) is 0 Å². The Morgan fingerprint density at radius 1 is 1.21 bits per heavy atom. The SMILES string of the molecule is CCN(CC)CCC(=O)C1CC2COCC(C1)N2C. The molecule has 4 heteroatoms. The van der Waals surface area contributed by atoms with Gasteiger partial charge < -0.3 is 9.64 Å². The Morgan fingerprint density at radius 2 is 1.79 bits per heavy atom. The first kappa shape index (κ1) is 14.9. The summed E-state index contributed by atoms with van der Waals surface area (Å²) >= 11 is 0. The monoisotopic (exact) mass is 268 g/mol. The number of rotatable bonds is 6. The van der Waals surface area contributed by atoms with Crippen molar-refractivity contribution >= 4 is 5.78 Å². The molecule has 2 heterocycles. The van der Waals surface area contributed by atoms with Crippen LogP contribution < -0.4 is 0 Å². The standard InChI is InChI=1S/C15H28N2O2/c1-4-17(5-2)7-6-15(18)12-8-13-10-19-11-14(9-12)16(13)3/h12-14H,4-11H2,1-3H3. The van der Waals surface area contributed by atoms with Crippen molar-refractivity contribution in [2.24, 2.45) is 5.92 Å². The molecule has 2 bridgehead atoms. The van der Waals surface area contributed by atoms with Crippen molar-refractivity contribution in [2.45, 2.75) is 45.2 Å². The van der Waals surface area contributed by atoms with Gasteiger partial charge in [0.1, 0.15) is 5.78 Å². The van der Waals surface area contributed by atoms with E-state index in [2.05, 4.69) is 30.7 Å². The van der Waals surface area contributed by atoms with Crippen LogP contribution in [0.5, 0.6) is 0 Å². The Morgan fingerprint density at radius 3 is 2.32 bits per heavy atom. The summed E-state index contributed by atoms with van der Waals surface area (Å²) < 4.78 is 5.61. The number of Topliss-reactive ketones (excluding diaryl/α,β-unsaturated/α-hetero) is 1. The van der Waals surface area contributed by atoms with Gasteiger partial charge in [0.15, 0.2) is 0 Å². The molecular weight excluding hydrogens is 240 g/mol. The summed E-state index contributed by atoms with van der Waals surface area (Å²) in [5, 5.41) is 0. The molecule has 0 N–H and O–H groups in total. The Balaban J connectivity index is 1.83. The molecule has 0 spiro atoms. The number of ether oxygens (including phenoxy) is 1. The molecule has 110 valence electrons. The molecular formula is C15H28N2O2. The second-order valence-electron chi connectivity index (χ2n) is 5.92. The number of hydrogen-bond donors (Lipinski definition) is 0. The molecule has 0 aromatic heterocycles. The van der Waals surface area contributed by atoms with Crippen LogP contribution >= 0.6 is 0 Å². The molecule has 4 nitrogen and oxygen atoms in total. The predicted octanol–water partition coefficient (Wildman–Crippen LogP) is 1.40. The lowest BCUT2D eigenvalue weighted by Crippen LogP contribution is -2.55. The van der Waals surface area contributed by atoms with Crippen molar-refractivity contribution < 1.29 is 9.53 Å². The minimum atomic E-state index is 0.269. The molecule has 0 aliphatic carbocycles. The maximum Gasteiger partial charge on any atom is 0.137 e. The number of fused-ring (bicyclic) bond motifs is 2. The number of morpholine rings is 1. The van der Waals surface area contributed by atoms with E-state index in [-0.39, 0.29) is 5.92 Å². The first-order valence-electron chi connectivity index (χ1n) is 7.70. The Hall–Kier alpha value is -0.450. The smallest absolute Gasteiger partial charge is 0.137 e. The van der Waals surface area contributed by atoms with Gasteiger partial charge in [-0.2, -0.15) is 0 Å². The van der Waals surface area contributed by atoms with Crippen LogP contribution in [0.2, 0.25) is 0 Å². The highest BCUT2D eigenvalue weighted by molar-refractivity contribution is 5.81. The molecule has 2 saturated heterocycles. The van der Waals surface area contributed by atoms with Gasteiger partial charge >= 0.3 is 0 Å². The third-order valence-corrected chi connectivity index (χ3v) is 4.91. The molecule has 2 unspecified atom stereocenters. The Labute approximate surface area is 117 Å². The quantitative estimate of drug-likeness (QED) is 0.729. The third kappa shape index (κ3) is 3.56. The lowest BCUT2D eigenvalue weighted by atomic mass is 9.82. The van der Waals surface area contributed by atoms with Gasteiger partial charge in [0.2, 0.25) is 0 Å². The van der Waals surface area contributed by atoms with Crippen molar-refractivity contribution in [3.63, 3.8) is 0 Å². The maximum absolute atomic E-state index is 12.4. The van der Waals surface area contributed by atoms with E-state index in [0.29, 0.717) is 17.9 Å². The Kier molecular flexibility index (Phi) is 5.37. The van der Waals surface area contributed by atoms with Crippen molar-refractivity contribution in [1.82, 2.24) is 9.80 Å². The van der Waals surface area contributed by atoms with E-state index in [9.17, 15) is 4.79 Å². The van der Waals surface area contributed by atoms with Crippen LogP contribution in [0.25, 0.3) is 0 Å². The van der Waals surface area contributed by atoms with Crippen LogP contribution in [0, 0.1) is 5.92 Å². The van der Waals surface area contributed by atoms with Gasteiger partial charge in [-0.25, -0.2) is 0 Å². The molecule has 0 amide bonds. The molecule has 2 aliphatic rings. The summed E-state index contributed by atoms with van der Waals surface area (Å²) in [5.41, 5.74) is 0. The number of hydrogen-bond acceptors (Lipinski definition) is 4. The highest BCUT2D eigenvalue weighted by atomic mass is 16.5. The van der Waals surface area contributed by atoms with Crippen molar-refractivity contribution in [3.05, 3.63) is 0 Å². The lowest BCUT2D eigenvalue weighted by molar-refractivity contribution is -0.131. The molecule has 0 aromatic rings. The largest absolute Gasteiger partial charge is 0.378 e. The normalized spacial score (nSPS) is 31.7. The molecule has 2 rings (SSSR count). The van der Waals surface area contributed by atoms with Gasteiger partial charge in [0.25, 0.3) is 0 Å². The lowest BCUT2D eigenvalue weighted by Gasteiger charge is -2.46. The van der Waals surface area contributed by atoms with Crippen LogP contribution in [-0.4, -0.2) is 67.6 Å². The molecule has 0 aromatic carbocycles. The summed E-state index contributed by atoms with van der Waals surface area (Å²) in [6, 6.07) is 0.907. The molecule has 0 saturated carbocycles. The van der Waals surface area contributed by atoms with Gasteiger partial charge in [-0.05, 0) is 33.0 Å². The van der Waals surface area contributed by atoms with Crippen molar-refractivity contribution in [2.75, 3.05) is 39.9 Å². The summed E-state index contributed by atoms with van der Waals surface area (Å²) in [4.78, 5) is 17.1. The summed E-state index contributed by atoms with van der Waals surface area (Å²) in [6.07, 6.45) is 2.70.